The van der Waals surface area contributed by atoms with Crippen molar-refractivity contribution >= 4 is 24.2 Å². The number of nitrogens with zero attached hydrogens (tertiary/aromatic N) is 1. The maximum Gasteiger partial charge on any atom is 0.323 e. The first kappa shape index (κ1) is 29.5. The zero-order valence-corrected chi connectivity index (χ0v) is 23.2. The number of allylic oxidation sites excluding steroid dienone is 4. The first-order chi connectivity index (χ1) is 17.1. The molecule has 6 nitrogen and oxygen atoms in total. The summed E-state index contributed by atoms with van der Waals surface area (Å²) in [4.78, 5) is 28.3. The molecule has 2 rings (SSSR count). The molecule has 0 radical (unpaired) electrons. The van der Waals surface area contributed by atoms with Crippen molar-refractivity contribution in [3.63, 3.8) is 0 Å². The van der Waals surface area contributed by atoms with E-state index in [1.54, 1.807) is 20.2 Å². The molecule has 0 bridgehead atoms. The smallest absolute Gasteiger partial charge is 0.323 e. The van der Waals surface area contributed by atoms with Gasteiger partial charge in [0.25, 0.3) is 0 Å². The van der Waals surface area contributed by atoms with Crippen LogP contribution in [0.1, 0.15) is 77.8 Å². The maximum absolute atomic E-state index is 12.9. The predicted molar refractivity (Wildman–Crippen MR) is 149 cm³/mol. The zero-order chi connectivity index (χ0) is 26.7. The molecular formula is C30H45N3O3. The van der Waals surface area contributed by atoms with Crippen molar-refractivity contribution in [2.45, 2.75) is 92.3 Å². The Morgan fingerprint density at radius 2 is 1.89 bits per heavy atom. The number of aryl methyl sites for hydroxylation is 1. The largest absolute Gasteiger partial charge is 0.461 e. The van der Waals surface area contributed by atoms with E-state index < -0.39 is 0 Å². The van der Waals surface area contributed by atoms with Crippen LogP contribution in [0.5, 0.6) is 0 Å². The average Bonchev–Trinajstić information content (AvgIpc) is 3.33. The molecule has 1 aliphatic carbocycles. The molecule has 36 heavy (non-hydrogen) atoms. The Balaban J connectivity index is 2.24. The van der Waals surface area contributed by atoms with Gasteiger partial charge in [-0.05, 0) is 86.6 Å². The van der Waals surface area contributed by atoms with E-state index in [1.807, 2.05) is 6.08 Å². The summed E-state index contributed by atoms with van der Waals surface area (Å²) in [6.45, 7) is 12.9. The van der Waals surface area contributed by atoms with E-state index >= 15 is 0 Å². The van der Waals surface area contributed by atoms with E-state index in [0.717, 1.165) is 66.5 Å². The van der Waals surface area contributed by atoms with Crippen LogP contribution in [-0.2, 0) is 20.9 Å². The Morgan fingerprint density at radius 3 is 2.47 bits per heavy atom. The summed E-state index contributed by atoms with van der Waals surface area (Å²) in [6.07, 6.45) is 9.54. The monoisotopic (exact) mass is 495 g/mol. The number of hydrogen-bond acceptors (Lipinski definition) is 6. The minimum absolute atomic E-state index is 0.0724. The summed E-state index contributed by atoms with van der Waals surface area (Å²) in [5, 5.41) is 7.06. The highest BCUT2D eigenvalue weighted by Gasteiger charge is 2.26. The molecule has 1 fully saturated rings. The second-order valence-electron chi connectivity index (χ2n) is 10.6. The lowest BCUT2D eigenvalue weighted by Crippen LogP contribution is -2.40. The van der Waals surface area contributed by atoms with Gasteiger partial charge in [0.1, 0.15) is 18.4 Å². The van der Waals surface area contributed by atoms with Gasteiger partial charge in [0, 0.05) is 36.8 Å². The first-order valence-electron chi connectivity index (χ1n) is 13.2. The van der Waals surface area contributed by atoms with Gasteiger partial charge >= 0.3 is 5.97 Å². The van der Waals surface area contributed by atoms with E-state index in [0.29, 0.717) is 18.0 Å². The SMILES string of the molecule is CN=CC(/C=C(/C)C=O)=C(Nc1cc(CNC(CC(C)C)C(=O)OC2CCCC2)ccc1C)C(C)C. The van der Waals surface area contributed by atoms with Crippen molar-refractivity contribution in [3.05, 3.63) is 52.2 Å². The average molecular weight is 496 g/mol. The second kappa shape index (κ2) is 14.7. The third-order valence-electron chi connectivity index (χ3n) is 6.43. The van der Waals surface area contributed by atoms with Crippen molar-refractivity contribution in [2.75, 3.05) is 12.4 Å². The van der Waals surface area contributed by atoms with E-state index in [9.17, 15) is 9.59 Å². The van der Waals surface area contributed by atoms with Crippen molar-refractivity contribution in [1.82, 2.24) is 5.32 Å². The molecule has 0 heterocycles. The summed E-state index contributed by atoms with van der Waals surface area (Å²) >= 11 is 0. The van der Waals surface area contributed by atoms with Gasteiger partial charge in [-0.1, -0.05) is 39.8 Å². The van der Waals surface area contributed by atoms with Crippen LogP contribution in [-0.4, -0.2) is 37.7 Å². The molecule has 1 unspecified atom stereocenters. The van der Waals surface area contributed by atoms with Crippen LogP contribution >= 0.6 is 0 Å². The van der Waals surface area contributed by atoms with Crippen LogP contribution in [0.15, 0.2) is 46.1 Å². The van der Waals surface area contributed by atoms with E-state index in [2.05, 4.69) is 68.4 Å². The number of carbonyl (C=O) groups is 2. The lowest BCUT2D eigenvalue weighted by atomic mass is 10.0. The van der Waals surface area contributed by atoms with E-state index in [-0.39, 0.29) is 24.0 Å². The Labute approximate surface area is 217 Å². The molecule has 2 N–H and O–H groups in total. The molecule has 0 aromatic heterocycles. The summed E-state index contributed by atoms with van der Waals surface area (Å²) in [5.41, 5.74) is 5.70. The number of nitrogens with one attached hydrogen (secondary N) is 2. The van der Waals surface area contributed by atoms with Crippen molar-refractivity contribution in [2.24, 2.45) is 16.8 Å². The minimum atomic E-state index is -0.321. The number of benzene rings is 1. The standard InChI is InChI=1S/C30H45N3O3/c1-20(2)14-28(30(35)36-26-10-8-9-11-26)32-17-24-13-12-23(6)27(16-24)33-29(21(3)4)25(18-31-7)15-22(5)19-34/h12-13,15-16,18-21,26,28,32-33H,8-11,14,17H2,1-7H3/b22-15-,29-25?,31-18?. The van der Waals surface area contributed by atoms with Crippen molar-refractivity contribution in [1.29, 1.82) is 0 Å². The molecule has 0 spiro atoms. The number of aldehydes is 1. The number of aliphatic imine (C=N–C) groups is 1. The summed E-state index contributed by atoms with van der Waals surface area (Å²) in [5.74, 6) is 0.441. The number of carbonyl (C=O) groups excluding carboxylic acids is 2. The number of ether oxygens (including phenoxy) is 1. The number of rotatable bonds is 13. The maximum atomic E-state index is 12.9. The van der Waals surface area contributed by atoms with Crippen LogP contribution in [0.4, 0.5) is 5.69 Å². The van der Waals surface area contributed by atoms with Crippen LogP contribution in [0.3, 0.4) is 0 Å². The molecule has 0 amide bonds. The van der Waals surface area contributed by atoms with Gasteiger partial charge in [0.15, 0.2) is 0 Å². The fraction of sp³-hybridized carbons (Fsp3) is 0.567. The third kappa shape index (κ3) is 9.38. The van der Waals surface area contributed by atoms with Crippen molar-refractivity contribution < 1.29 is 14.3 Å². The molecule has 198 valence electrons. The lowest BCUT2D eigenvalue weighted by molar-refractivity contribution is -0.151. The zero-order valence-electron chi connectivity index (χ0n) is 23.2. The first-order valence-corrected chi connectivity index (χ1v) is 13.2. The van der Waals surface area contributed by atoms with Gasteiger partial charge in [0.2, 0.25) is 0 Å². The molecule has 1 saturated carbocycles. The minimum Gasteiger partial charge on any atom is -0.461 e. The van der Waals surface area contributed by atoms with Gasteiger partial charge in [-0.25, -0.2) is 0 Å². The normalized spacial score (nSPS) is 16.5. The molecule has 1 aromatic rings. The van der Waals surface area contributed by atoms with Crippen LogP contribution < -0.4 is 10.6 Å². The van der Waals surface area contributed by atoms with E-state index in [4.69, 9.17) is 4.74 Å². The quantitative estimate of drug-likeness (QED) is 0.113. The Bertz CT molecular complexity index is 970. The molecule has 1 atom stereocenters. The molecule has 1 aromatic carbocycles. The Hall–Kier alpha value is -2.73. The number of anilines is 1. The van der Waals surface area contributed by atoms with Crippen molar-refractivity contribution in [3.8, 4) is 0 Å². The summed E-state index contributed by atoms with van der Waals surface area (Å²) in [6, 6.07) is 5.98. The second-order valence-corrected chi connectivity index (χ2v) is 10.6. The number of esters is 1. The highest BCUT2D eigenvalue weighted by Crippen LogP contribution is 2.25. The van der Waals surface area contributed by atoms with Crippen LogP contribution in [0.25, 0.3) is 0 Å². The lowest BCUT2D eigenvalue weighted by Gasteiger charge is -2.22. The summed E-state index contributed by atoms with van der Waals surface area (Å²) < 4.78 is 5.81. The Morgan fingerprint density at radius 1 is 1.19 bits per heavy atom. The van der Waals surface area contributed by atoms with Gasteiger partial charge in [-0.3, -0.25) is 14.6 Å². The molecule has 0 aliphatic heterocycles. The summed E-state index contributed by atoms with van der Waals surface area (Å²) in [7, 11) is 1.73. The highest BCUT2D eigenvalue weighted by molar-refractivity contribution is 5.87. The van der Waals surface area contributed by atoms with Gasteiger partial charge < -0.3 is 15.4 Å². The van der Waals surface area contributed by atoms with Gasteiger partial charge in [-0.15, -0.1) is 0 Å². The predicted octanol–water partition coefficient (Wildman–Crippen LogP) is 6.15. The molecular weight excluding hydrogens is 450 g/mol. The van der Waals surface area contributed by atoms with E-state index in [1.165, 1.54) is 0 Å². The molecule has 0 saturated heterocycles. The molecule has 1 aliphatic rings. The van der Waals surface area contributed by atoms with Gasteiger partial charge in [-0.2, -0.15) is 0 Å². The topological polar surface area (TPSA) is 79.8 Å². The number of hydrogen-bond donors (Lipinski definition) is 2. The van der Waals surface area contributed by atoms with Crippen LogP contribution in [0.2, 0.25) is 0 Å². The third-order valence-corrected chi connectivity index (χ3v) is 6.43. The Kier molecular flexibility index (Phi) is 12.1. The fourth-order valence-electron chi connectivity index (χ4n) is 4.44. The van der Waals surface area contributed by atoms with Crippen LogP contribution in [0, 0.1) is 18.8 Å². The molecule has 6 heteroatoms. The highest BCUT2D eigenvalue weighted by atomic mass is 16.5. The fourth-order valence-corrected chi connectivity index (χ4v) is 4.44. The van der Waals surface area contributed by atoms with Gasteiger partial charge in [0.05, 0.1) is 0 Å².